The van der Waals surface area contributed by atoms with E-state index in [-0.39, 0.29) is 23.3 Å². The second kappa shape index (κ2) is 7.68. The fraction of sp³-hybridized carbons (Fsp3) is 0.0455. The van der Waals surface area contributed by atoms with Gasteiger partial charge in [-0.15, -0.1) is 0 Å². The van der Waals surface area contributed by atoms with Gasteiger partial charge in [-0.3, -0.25) is 19.1 Å². The van der Waals surface area contributed by atoms with Gasteiger partial charge in [0.25, 0.3) is 5.56 Å². The van der Waals surface area contributed by atoms with Crippen molar-refractivity contribution in [3.63, 3.8) is 0 Å². The number of phosphoric acid groups is 1. The maximum Gasteiger partial charge on any atom is 0.524 e. The van der Waals surface area contributed by atoms with Crippen LogP contribution in [0.3, 0.4) is 0 Å². The molecular formula is C22H18NO5P. The molecule has 1 aromatic heterocycles. The van der Waals surface area contributed by atoms with Crippen LogP contribution in [0.25, 0.3) is 16.6 Å². The fourth-order valence-electron chi connectivity index (χ4n) is 3.38. The van der Waals surface area contributed by atoms with Gasteiger partial charge in [0.15, 0.2) is 0 Å². The van der Waals surface area contributed by atoms with Gasteiger partial charge >= 0.3 is 7.82 Å². The van der Waals surface area contributed by atoms with E-state index >= 15 is 0 Å². The van der Waals surface area contributed by atoms with Gasteiger partial charge in [0.2, 0.25) is 0 Å². The summed E-state index contributed by atoms with van der Waals surface area (Å²) < 4.78 is 18.3. The van der Waals surface area contributed by atoms with Gasteiger partial charge in [-0.25, -0.2) is 4.57 Å². The number of fused-ring (bicyclic) bond motifs is 1. The third kappa shape index (κ3) is 4.00. The second-order valence-electron chi connectivity index (χ2n) is 6.55. The molecule has 0 aliphatic carbocycles. The molecule has 0 bridgehead atoms. The summed E-state index contributed by atoms with van der Waals surface area (Å²) in [6.45, 7) is 0. The highest BCUT2D eigenvalue weighted by Crippen LogP contribution is 2.42. The molecular weight excluding hydrogens is 389 g/mol. The molecule has 1 heterocycles. The van der Waals surface area contributed by atoms with E-state index in [0.29, 0.717) is 16.6 Å². The number of pyridine rings is 1. The standard InChI is InChI=1S/C22H18NO5P/c24-22-19(15-16-9-3-1-4-10-16)21(28-29(25,26)27)18-13-7-8-14-20(18)23(22)17-11-5-2-6-12-17/h1-14H,15H2,(H2,25,26,27). The molecule has 29 heavy (non-hydrogen) atoms. The molecule has 0 aliphatic heterocycles. The van der Waals surface area contributed by atoms with Crippen LogP contribution < -0.4 is 10.1 Å². The minimum Gasteiger partial charge on any atom is -0.403 e. The number of nitrogens with zero attached hydrogens (tertiary/aromatic N) is 1. The van der Waals surface area contributed by atoms with Gasteiger partial charge < -0.3 is 4.52 Å². The number of para-hydroxylation sites is 2. The van der Waals surface area contributed by atoms with Crippen molar-refractivity contribution in [3.05, 3.63) is 106 Å². The van der Waals surface area contributed by atoms with Crippen LogP contribution in [0.1, 0.15) is 11.1 Å². The van der Waals surface area contributed by atoms with E-state index in [9.17, 15) is 19.1 Å². The first-order valence-corrected chi connectivity index (χ1v) is 10.5. The maximum atomic E-state index is 13.5. The topological polar surface area (TPSA) is 88.8 Å². The predicted molar refractivity (Wildman–Crippen MR) is 111 cm³/mol. The largest absolute Gasteiger partial charge is 0.524 e. The monoisotopic (exact) mass is 407 g/mol. The van der Waals surface area contributed by atoms with Crippen molar-refractivity contribution < 1.29 is 18.9 Å². The zero-order valence-corrected chi connectivity index (χ0v) is 16.2. The zero-order valence-electron chi connectivity index (χ0n) is 15.3. The lowest BCUT2D eigenvalue weighted by Crippen LogP contribution is -2.24. The molecule has 0 saturated carbocycles. The van der Waals surface area contributed by atoms with Gasteiger partial charge in [-0.2, -0.15) is 0 Å². The Kier molecular flexibility index (Phi) is 5.07. The van der Waals surface area contributed by atoms with E-state index in [1.807, 2.05) is 60.7 Å². The summed E-state index contributed by atoms with van der Waals surface area (Å²) in [5, 5.41) is 0.449. The fourth-order valence-corrected chi connectivity index (χ4v) is 3.82. The van der Waals surface area contributed by atoms with Crippen LogP contribution in [-0.4, -0.2) is 14.4 Å². The van der Waals surface area contributed by atoms with Crippen LogP contribution in [0.4, 0.5) is 0 Å². The van der Waals surface area contributed by atoms with Gasteiger partial charge in [0.05, 0.1) is 11.1 Å². The molecule has 7 heteroatoms. The maximum absolute atomic E-state index is 13.5. The van der Waals surface area contributed by atoms with Crippen LogP contribution in [0.2, 0.25) is 0 Å². The molecule has 146 valence electrons. The van der Waals surface area contributed by atoms with Gasteiger partial charge in [-0.05, 0) is 29.8 Å². The Labute approximate surface area is 166 Å². The van der Waals surface area contributed by atoms with Gasteiger partial charge in [0.1, 0.15) is 5.75 Å². The summed E-state index contributed by atoms with van der Waals surface area (Å²) in [5.74, 6) is -0.0880. The number of aromatic nitrogens is 1. The quantitative estimate of drug-likeness (QED) is 0.487. The average Bonchev–Trinajstić information content (AvgIpc) is 2.71. The zero-order chi connectivity index (χ0) is 20.4. The molecule has 2 N–H and O–H groups in total. The van der Waals surface area contributed by atoms with E-state index in [1.54, 1.807) is 28.8 Å². The highest BCUT2D eigenvalue weighted by atomic mass is 31.2. The number of hydrogen-bond acceptors (Lipinski definition) is 3. The Balaban J connectivity index is 2.07. The third-order valence-electron chi connectivity index (χ3n) is 4.57. The summed E-state index contributed by atoms with van der Waals surface area (Å²) in [7, 11) is -4.88. The van der Waals surface area contributed by atoms with E-state index in [4.69, 9.17) is 4.52 Å². The number of benzene rings is 3. The summed E-state index contributed by atoms with van der Waals surface area (Å²) in [6, 6.07) is 25.3. The minimum absolute atomic E-state index is 0.0880. The van der Waals surface area contributed by atoms with Crippen molar-refractivity contribution in [2.24, 2.45) is 0 Å². The third-order valence-corrected chi connectivity index (χ3v) is 4.99. The number of phosphoric ester groups is 1. The minimum atomic E-state index is -4.88. The molecule has 0 fully saturated rings. The van der Waals surface area contributed by atoms with E-state index in [0.717, 1.165) is 5.56 Å². The lowest BCUT2D eigenvalue weighted by atomic mass is 10.0. The highest BCUT2D eigenvalue weighted by molar-refractivity contribution is 7.46. The number of hydrogen-bond donors (Lipinski definition) is 2. The molecule has 0 spiro atoms. The molecule has 0 amide bonds. The summed E-state index contributed by atoms with van der Waals surface area (Å²) in [4.78, 5) is 32.5. The lowest BCUT2D eigenvalue weighted by molar-refractivity contribution is 0.283. The van der Waals surface area contributed by atoms with Crippen LogP contribution in [0.15, 0.2) is 89.7 Å². The predicted octanol–water partition coefficient (Wildman–Crippen LogP) is 4.05. The molecule has 0 unspecified atom stereocenters. The van der Waals surface area contributed by atoms with Crippen molar-refractivity contribution in [1.29, 1.82) is 0 Å². The Bertz CT molecular complexity index is 1260. The Hall–Kier alpha value is -3.18. The highest BCUT2D eigenvalue weighted by Gasteiger charge is 2.25. The average molecular weight is 407 g/mol. The summed E-state index contributed by atoms with van der Waals surface area (Å²) >= 11 is 0. The van der Waals surface area contributed by atoms with Crippen molar-refractivity contribution >= 4 is 18.7 Å². The molecule has 3 aromatic carbocycles. The molecule has 4 rings (SSSR count). The summed E-state index contributed by atoms with van der Waals surface area (Å²) in [5.41, 5.74) is 1.79. The van der Waals surface area contributed by atoms with E-state index in [2.05, 4.69) is 0 Å². The molecule has 6 nitrogen and oxygen atoms in total. The van der Waals surface area contributed by atoms with Crippen molar-refractivity contribution in [2.45, 2.75) is 6.42 Å². The Morgan fingerprint density at radius 2 is 1.41 bits per heavy atom. The first-order chi connectivity index (χ1) is 13.9. The molecule has 0 saturated heterocycles. The lowest BCUT2D eigenvalue weighted by Gasteiger charge is -2.18. The van der Waals surface area contributed by atoms with Crippen LogP contribution in [0, 0.1) is 0 Å². The van der Waals surface area contributed by atoms with Crippen LogP contribution in [0.5, 0.6) is 5.75 Å². The molecule has 0 radical (unpaired) electrons. The second-order valence-corrected chi connectivity index (χ2v) is 7.71. The van der Waals surface area contributed by atoms with Crippen molar-refractivity contribution in [2.75, 3.05) is 0 Å². The smallest absolute Gasteiger partial charge is 0.403 e. The summed E-state index contributed by atoms with van der Waals surface area (Å²) in [6.07, 6.45) is 0.173. The molecule has 0 atom stereocenters. The number of rotatable bonds is 5. The van der Waals surface area contributed by atoms with E-state index in [1.165, 1.54) is 0 Å². The van der Waals surface area contributed by atoms with Crippen LogP contribution in [-0.2, 0) is 11.0 Å². The Morgan fingerprint density at radius 1 is 0.828 bits per heavy atom. The van der Waals surface area contributed by atoms with E-state index < -0.39 is 7.82 Å². The van der Waals surface area contributed by atoms with Gasteiger partial charge in [-0.1, -0.05) is 60.7 Å². The molecule has 4 aromatic rings. The molecule has 0 aliphatic rings. The van der Waals surface area contributed by atoms with Crippen molar-refractivity contribution in [3.8, 4) is 11.4 Å². The van der Waals surface area contributed by atoms with Crippen LogP contribution >= 0.6 is 7.82 Å². The first-order valence-electron chi connectivity index (χ1n) is 8.95. The van der Waals surface area contributed by atoms with Gasteiger partial charge in [0, 0.05) is 17.5 Å². The Morgan fingerprint density at radius 3 is 2.07 bits per heavy atom. The SMILES string of the molecule is O=c1c(Cc2ccccc2)c(OP(=O)(O)O)c2ccccc2n1-c1ccccc1. The first kappa shape index (κ1) is 19.2. The van der Waals surface area contributed by atoms with Crippen molar-refractivity contribution in [1.82, 2.24) is 4.57 Å². The normalized spacial score (nSPS) is 11.5.